The summed E-state index contributed by atoms with van der Waals surface area (Å²) in [5.74, 6) is 0.956. The maximum absolute atomic E-state index is 11.7. The summed E-state index contributed by atoms with van der Waals surface area (Å²) >= 11 is 1.65. The van der Waals surface area contributed by atoms with Crippen molar-refractivity contribution in [3.63, 3.8) is 0 Å². The topological polar surface area (TPSA) is 70.1 Å². The lowest BCUT2D eigenvalue weighted by atomic mass is 10.2. The van der Waals surface area contributed by atoms with E-state index in [4.69, 9.17) is 4.74 Å². The third kappa shape index (κ3) is 6.96. The monoisotopic (exact) mass is 341 g/mol. The molecule has 0 fully saturated rings. The van der Waals surface area contributed by atoms with Gasteiger partial charge in [-0.2, -0.15) is 0 Å². The van der Waals surface area contributed by atoms with E-state index in [1.54, 1.807) is 32.5 Å². The van der Waals surface area contributed by atoms with E-state index in [0.29, 0.717) is 25.0 Å². The van der Waals surface area contributed by atoms with Crippen molar-refractivity contribution >= 4 is 23.2 Å². The van der Waals surface area contributed by atoms with E-state index < -0.39 is 0 Å². The lowest BCUT2D eigenvalue weighted by molar-refractivity contribution is -0.127. The summed E-state index contributed by atoms with van der Waals surface area (Å²) in [6, 6.07) is 0. The molecule has 0 aliphatic heterocycles. The molecule has 1 aromatic heterocycles. The second kappa shape index (κ2) is 10.2. The molecule has 0 bridgehead atoms. The standard InChI is InChI=1S/C15H27N5O2S/c1-12(14-16-7-9-23-14)11-20(4)15(17-6-8-22-5)18-10-13(21)19(2)3/h7,9,12H,6,8,10-11H2,1-5H3,(H,17,18). The predicted molar refractivity (Wildman–Crippen MR) is 94.0 cm³/mol. The minimum atomic E-state index is -0.0302. The average molecular weight is 341 g/mol. The van der Waals surface area contributed by atoms with Gasteiger partial charge in [-0.25, -0.2) is 9.98 Å². The second-order valence-corrected chi connectivity index (χ2v) is 6.43. The number of rotatable bonds is 8. The number of carbonyl (C=O) groups excluding carboxylic acids is 1. The minimum Gasteiger partial charge on any atom is -0.383 e. The summed E-state index contributed by atoms with van der Waals surface area (Å²) in [6.45, 7) is 4.24. The van der Waals surface area contributed by atoms with Gasteiger partial charge in [0.05, 0.1) is 11.6 Å². The molecule has 1 N–H and O–H groups in total. The van der Waals surface area contributed by atoms with Crippen molar-refractivity contribution in [2.75, 3.05) is 54.5 Å². The van der Waals surface area contributed by atoms with Gasteiger partial charge in [0.15, 0.2) is 5.96 Å². The molecule has 1 unspecified atom stereocenters. The Labute approximate surface area is 142 Å². The fraction of sp³-hybridized carbons (Fsp3) is 0.667. The molecule has 0 saturated heterocycles. The molecule has 1 aromatic rings. The van der Waals surface area contributed by atoms with Gasteiger partial charge in [-0.1, -0.05) is 6.92 Å². The van der Waals surface area contributed by atoms with Crippen LogP contribution < -0.4 is 5.32 Å². The van der Waals surface area contributed by atoms with Crippen LogP contribution in [0.15, 0.2) is 16.6 Å². The predicted octanol–water partition coefficient (Wildman–Crippen LogP) is 0.859. The van der Waals surface area contributed by atoms with Crippen molar-refractivity contribution in [3.8, 4) is 0 Å². The first-order chi connectivity index (χ1) is 11.0. The molecule has 0 aliphatic carbocycles. The van der Waals surface area contributed by atoms with E-state index in [0.717, 1.165) is 11.6 Å². The maximum atomic E-state index is 11.7. The molecule has 1 amide bonds. The number of methoxy groups -OCH3 is 1. The highest BCUT2D eigenvalue weighted by Gasteiger charge is 2.15. The molecule has 0 aromatic carbocycles. The first-order valence-electron chi connectivity index (χ1n) is 7.53. The third-order valence-electron chi connectivity index (χ3n) is 3.23. The van der Waals surface area contributed by atoms with Crippen LogP contribution in [-0.2, 0) is 9.53 Å². The molecule has 0 spiro atoms. The van der Waals surface area contributed by atoms with Gasteiger partial charge < -0.3 is 19.9 Å². The van der Waals surface area contributed by atoms with Gasteiger partial charge in [-0.3, -0.25) is 4.79 Å². The van der Waals surface area contributed by atoms with Crippen molar-refractivity contribution in [1.29, 1.82) is 0 Å². The van der Waals surface area contributed by atoms with Crippen LogP contribution in [0.2, 0.25) is 0 Å². The summed E-state index contributed by atoms with van der Waals surface area (Å²) in [6.07, 6.45) is 1.82. The van der Waals surface area contributed by atoms with Gasteiger partial charge in [-0.15, -0.1) is 11.3 Å². The number of nitrogens with one attached hydrogen (secondary N) is 1. The average Bonchev–Trinajstić information content (AvgIpc) is 3.04. The molecule has 1 atom stereocenters. The van der Waals surface area contributed by atoms with Crippen molar-refractivity contribution in [1.82, 2.24) is 20.1 Å². The normalized spacial score (nSPS) is 12.8. The molecule has 1 rings (SSSR count). The second-order valence-electron chi connectivity index (χ2n) is 5.50. The molecule has 7 nitrogen and oxygen atoms in total. The van der Waals surface area contributed by atoms with E-state index in [1.165, 1.54) is 4.90 Å². The number of amides is 1. The van der Waals surface area contributed by atoms with Crippen LogP contribution in [0.25, 0.3) is 0 Å². The number of aromatic nitrogens is 1. The van der Waals surface area contributed by atoms with Gasteiger partial charge in [-0.05, 0) is 0 Å². The molecule has 0 saturated carbocycles. The Hall–Kier alpha value is -1.67. The number of thiazole rings is 1. The molecule has 0 aliphatic rings. The van der Waals surface area contributed by atoms with Crippen LogP contribution in [0.1, 0.15) is 17.8 Å². The lowest BCUT2D eigenvalue weighted by Gasteiger charge is -2.25. The molecule has 8 heteroatoms. The molecular formula is C15H27N5O2S. The summed E-state index contributed by atoms with van der Waals surface area (Å²) in [5, 5.41) is 6.30. The Morgan fingerprint density at radius 2 is 2.22 bits per heavy atom. The minimum absolute atomic E-state index is 0.0302. The van der Waals surface area contributed by atoms with Gasteiger partial charge in [0, 0.05) is 58.8 Å². The zero-order chi connectivity index (χ0) is 17.2. The first kappa shape index (κ1) is 19.4. The van der Waals surface area contributed by atoms with Crippen LogP contribution in [0.5, 0.6) is 0 Å². The highest BCUT2D eigenvalue weighted by Crippen LogP contribution is 2.18. The molecule has 130 valence electrons. The Morgan fingerprint density at radius 1 is 1.48 bits per heavy atom. The molecule has 1 heterocycles. The number of hydrogen-bond acceptors (Lipinski definition) is 5. The van der Waals surface area contributed by atoms with Crippen LogP contribution in [-0.4, -0.2) is 81.1 Å². The zero-order valence-electron chi connectivity index (χ0n) is 14.6. The van der Waals surface area contributed by atoms with Crippen LogP contribution in [0, 0.1) is 0 Å². The number of aliphatic imine (C=N–C) groups is 1. The van der Waals surface area contributed by atoms with Crippen molar-refractivity contribution < 1.29 is 9.53 Å². The van der Waals surface area contributed by atoms with Gasteiger partial charge in [0.1, 0.15) is 6.54 Å². The Morgan fingerprint density at radius 3 is 2.78 bits per heavy atom. The highest BCUT2D eigenvalue weighted by atomic mass is 32.1. The van der Waals surface area contributed by atoms with E-state index >= 15 is 0 Å². The summed E-state index contributed by atoms with van der Waals surface area (Å²) < 4.78 is 5.06. The van der Waals surface area contributed by atoms with Crippen molar-refractivity contribution in [2.45, 2.75) is 12.8 Å². The van der Waals surface area contributed by atoms with Gasteiger partial charge >= 0.3 is 0 Å². The van der Waals surface area contributed by atoms with E-state index in [1.807, 2.05) is 23.5 Å². The number of carbonyl (C=O) groups is 1. The number of guanidine groups is 1. The van der Waals surface area contributed by atoms with E-state index in [9.17, 15) is 4.79 Å². The fourth-order valence-electron chi connectivity index (χ4n) is 1.91. The smallest absolute Gasteiger partial charge is 0.243 e. The number of hydrogen-bond donors (Lipinski definition) is 1. The van der Waals surface area contributed by atoms with Gasteiger partial charge in [0.25, 0.3) is 0 Å². The zero-order valence-corrected chi connectivity index (χ0v) is 15.4. The summed E-state index contributed by atoms with van der Waals surface area (Å²) in [7, 11) is 7.07. The number of nitrogens with zero attached hydrogens (tertiary/aromatic N) is 4. The number of likely N-dealkylation sites (N-methyl/N-ethyl adjacent to an activating group) is 2. The summed E-state index contributed by atoms with van der Waals surface area (Å²) in [5.41, 5.74) is 0. The molecular weight excluding hydrogens is 314 g/mol. The van der Waals surface area contributed by atoms with E-state index in [2.05, 4.69) is 22.2 Å². The lowest BCUT2D eigenvalue weighted by Crippen LogP contribution is -2.42. The quantitative estimate of drug-likeness (QED) is 0.431. The largest absolute Gasteiger partial charge is 0.383 e. The van der Waals surface area contributed by atoms with Gasteiger partial charge in [0.2, 0.25) is 5.91 Å². The third-order valence-corrected chi connectivity index (χ3v) is 4.24. The maximum Gasteiger partial charge on any atom is 0.243 e. The summed E-state index contributed by atoms with van der Waals surface area (Å²) in [4.78, 5) is 24.1. The first-order valence-corrected chi connectivity index (χ1v) is 8.41. The van der Waals surface area contributed by atoms with Crippen molar-refractivity contribution in [2.24, 2.45) is 4.99 Å². The Kier molecular flexibility index (Phi) is 8.57. The molecule has 0 radical (unpaired) electrons. The van der Waals surface area contributed by atoms with Crippen LogP contribution in [0.4, 0.5) is 0 Å². The molecule has 23 heavy (non-hydrogen) atoms. The van der Waals surface area contributed by atoms with Crippen LogP contribution in [0.3, 0.4) is 0 Å². The fourth-order valence-corrected chi connectivity index (χ4v) is 2.60. The Balaban J connectivity index is 2.68. The van der Waals surface area contributed by atoms with Crippen molar-refractivity contribution in [3.05, 3.63) is 16.6 Å². The van der Waals surface area contributed by atoms with E-state index in [-0.39, 0.29) is 12.5 Å². The van der Waals surface area contributed by atoms with Crippen LogP contribution >= 0.6 is 11.3 Å². The highest BCUT2D eigenvalue weighted by molar-refractivity contribution is 7.09. The SMILES string of the molecule is COCCNC(=NCC(=O)N(C)C)N(C)CC(C)c1nccs1. The number of ether oxygens (including phenoxy) is 1. The Bertz CT molecular complexity index is 490.